The molecule has 1 aliphatic carbocycles. The number of Topliss-reactive ketones (excluding diaryl/α,β-unsaturated/α-hetero) is 1. The topological polar surface area (TPSA) is 69.4 Å². The van der Waals surface area contributed by atoms with Crippen LogP contribution in [0.3, 0.4) is 0 Å². The minimum atomic E-state index is -1.44. The Balaban J connectivity index is 2.09. The monoisotopic (exact) mass is 309 g/mol. The van der Waals surface area contributed by atoms with Crippen molar-refractivity contribution in [3.05, 3.63) is 10.1 Å². The van der Waals surface area contributed by atoms with Gasteiger partial charge in [0.15, 0.2) is 10.1 Å². The lowest BCUT2D eigenvalue weighted by Gasteiger charge is -2.43. The second kappa shape index (κ2) is 5.54. The molecular formula is C12H17Cl2NO4. The lowest BCUT2D eigenvalue weighted by atomic mass is 9.75. The molecule has 19 heavy (non-hydrogen) atoms. The predicted octanol–water partition coefficient (Wildman–Crippen LogP) is 2.74. The quantitative estimate of drug-likeness (QED) is 0.445. The zero-order valence-corrected chi connectivity index (χ0v) is 12.2. The molecule has 0 aromatic carbocycles. The third-order valence-corrected chi connectivity index (χ3v) is 4.75. The van der Waals surface area contributed by atoms with Crippen LogP contribution in [0.15, 0.2) is 0 Å². The number of carbonyl (C=O) groups excluding carboxylic acids is 1. The Bertz CT molecular complexity index is 388. The summed E-state index contributed by atoms with van der Waals surface area (Å²) in [6.07, 6.45) is 1.66. The van der Waals surface area contributed by atoms with Crippen molar-refractivity contribution in [2.75, 3.05) is 0 Å². The van der Waals surface area contributed by atoms with Crippen molar-refractivity contribution < 1.29 is 14.5 Å². The smallest absolute Gasteiger partial charge is 0.239 e. The minimum Gasteiger partial charge on any atom is -0.360 e. The fraction of sp³-hybridized carbons (Fsp3) is 0.917. The van der Waals surface area contributed by atoms with Gasteiger partial charge in [-0.2, -0.15) is 0 Å². The third kappa shape index (κ3) is 2.88. The summed E-state index contributed by atoms with van der Waals surface area (Å²) in [7, 11) is 0. The summed E-state index contributed by atoms with van der Waals surface area (Å²) < 4.78 is 4.15. The first-order valence-electron chi connectivity index (χ1n) is 6.58. The number of ether oxygens (including phenoxy) is 1. The second-order valence-electron chi connectivity index (χ2n) is 5.34. The largest absolute Gasteiger partial charge is 0.360 e. The summed E-state index contributed by atoms with van der Waals surface area (Å²) >= 11 is 12.1. The van der Waals surface area contributed by atoms with Crippen LogP contribution < -0.4 is 0 Å². The molecule has 0 aromatic heterocycles. The van der Waals surface area contributed by atoms with Gasteiger partial charge in [-0.15, -0.1) is 0 Å². The molecular weight excluding hydrogens is 293 g/mol. The average Bonchev–Trinajstić information content (AvgIpc) is 2.38. The molecule has 3 aliphatic rings. The molecule has 1 saturated carbocycles. The zero-order chi connectivity index (χ0) is 14.2. The van der Waals surface area contributed by atoms with Crippen molar-refractivity contribution in [1.82, 2.24) is 0 Å². The number of carbonyl (C=O) groups is 1. The number of ketones is 1. The summed E-state index contributed by atoms with van der Waals surface area (Å²) in [5.41, 5.74) is 0. The molecule has 108 valence electrons. The van der Waals surface area contributed by atoms with Crippen LogP contribution in [0, 0.1) is 16.0 Å². The van der Waals surface area contributed by atoms with E-state index in [0.717, 1.165) is 6.42 Å². The van der Waals surface area contributed by atoms with Gasteiger partial charge < -0.3 is 4.74 Å². The highest BCUT2D eigenvalue weighted by Gasteiger charge is 2.53. The summed E-state index contributed by atoms with van der Waals surface area (Å²) in [6.45, 7) is 1.89. The molecule has 4 atom stereocenters. The van der Waals surface area contributed by atoms with Crippen LogP contribution in [-0.2, 0) is 9.53 Å². The number of hydrogen-bond acceptors (Lipinski definition) is 4. The molecule has 2 saturated heterocycles. The molecule has 3 fully saturated rings. The highest BCUT2D eigenvalue weighted by molar-refractivity contribution is 6.58. The Hall–Kier alpha value is -0.390. The maximum absolute atomic E-state index is 12.3. The Morgan fingerprint density at radius 1 is 1.47 bits per heavy atom. The molecule has 0 amide bonds. The van der Waals surface area contributed by atoms with Gasteiger partial charge in [-0.1, -0.05) is 36.5 Å². The van der Waals surface area contributed by atoms with E-state index >= 15 is 0 Å². The summed E-state index contributed by atoms with van der Waals surface area (Å²) in [4.78, 5) is 22.9. The van der Waals surface area contributed by atoms with Crippen molar-refractivity contribution in [2.45, 2.75) is 61.6 Å². The predicted molar refractivity (Wildman–Crippen MR) is 71.1 cm³/mol. The van der Waals surface area contributed by atoms with Gasteiger partial charge in [-0.25, -0.2) is 0 Å². The van der Waals surface area contributed by atoms with Crippen molar-refractivity contribution in [1.29, 1.82) is 0 Å². The zero-order valence-electron chi connectivity index (χ0n) is 10.7. The van der Waals surface area contributed by atoms with Crippen LogP contribution in [-0.4, -0.2) is 33.3 Å². The van der Waals surface area contributed by atoms with E-state index in [1.165, 1.54) is 0 Å². The number of nitrogens with zero attached hydrogens (tertiary/aromatic N) is 1. The van der Waals surface area contributed by atoms with E-state index in [9.17, 15) is 14.9 Å². The first-order valence-corrected chi connectivity index (χ1v) is 7.33. The first kappa shape index (κ1) is 15.0. The number of alkyl halides is 2. The molecule has 3 rings (SSSR count). The summed E-state index contributed by atoms with van der Waals surface area (Å²) in [5.74, 6) is -0.476. The number of halogens is 2. The van der Waals surface area contributed by atoms with Crippen LogP contribution in [0.5, 0.6) is 0 Å². The van der Waals surface area contributed by atoms with Gasteiger partial charge in [0.2, 0.25) is 6.04 Å². The van der Waals surface area contributed by atoms with Gasteiger partial charge >= 0.3 is 0 Å². The lowest BCUT2D eigenvalue weighted by molar-refractivity contribution is -0.548. The summed E-state index contributed by atoms with van der Waals surface area (Å²) in [6, 6.07) is -0.700. The van der Waals surface area contributed by atoms with E-state index in [4.69, 9.17) is 27.9 Å². The van der Waals surface area contributed by atoms with Gasteiger partial charge in [0, 0.05) is 11.3 Å². The van der Waals surface area contributed by atoms with E-state index < -0.39 is 22.6 Å². The maximum atomic E-state index is 12.3. The molecule has 5 nitrogen and oxygen atoms in total. The second-order valence-corrected chi connectivity index (χ2v) is 6.82. The van der Waals surface area contributed by atoms with Gasteiger partial charge in [-0.3, -0.25) is 14.9 Å². The highest BCUT2D eigenvalue weighted by atomic mass is 35.5. The Labute approximate surface area is 121 Å². The molecule has 2 aliphatic heterocycles. The number of hydrogen-bond donors (Lipinski definition) is 0. The number of rotatable bonds is 5. The fourth-order valence-electron chi connectivity index (χ4n) is 3.03. The molecule has 4 unspecified atom stereocenters. The Kier molecular flexibility index (Phi) is 4.38. The van der Waals surface area contributed by atoms with Crippen molar-refractivity contribution >= 4 is 29.0 Å². The average molecular weight is 310 g/mol. The third-order valence-electron chi connectivity index (χ3n) is 4.00. The standard InChI is InChI=1S/C12H17Cl2NO4/c1-2-5-12(13,14)11(16)10-7-3-4-9(19-10)8(6-7)15(17)18/h7-10H,2-6H2,1H3. The van der Waals surface area contributed by atoms with Crippen LogP contribution >= 0.6 is 23.2 Å². The van der Waals surface area contributed by atoms with Crippen molar-refractivity contribution in [3.63, 3.8) is 0 Å². The highest BCUT2D eigenvalue weighted by Crippen LogP contribution is 2.42. The molecule has 0 radical (unpaired) electrons. The number of nitro groups is 1. The fourth-order valence-corrected chi connectivity index (χ4v) is 3.62. The van der Waals surface area contributed by atoms with E-state index in [-0.39, 0.29) is 16.6 Å². The first-order chi connectivity index (χ1) is 8.86. The van der Waals surface area contributed by atoms with Crippen LogP contribution in [0.2, 0.25) is 0 Å². The molecule has 0 N–H and O–H groups in total. The molecule has 2 bridgehead atoms. The molecule has 2 heterocycles. The van der Waals surface area contributed by atoms with E-state index in [2.05, 4.69) is 0 Å². The van der Waals surface area contributed by atoms with Crippen molar-refractivity contribution in [2.24, 2.45) is 5.92 Å². The molecule has 7 heteroatoms. The van der Waals surface area contributed by atoms with E-state index in [0.29, 0.717) is 25.7 Å². The Morgan fingerprint density at radius 2 is 2.16 bits per heavy atom. The SMILES string of the molecule is CCCC(Cl)(Cl)C(=O)C1OC2CCC1CC2[N+](=O)[O-]. The normalized spacial score (nSPS) is 34.3. The van der Waals surface area contributed by atoms with Gasteiger partial charge in [0.1, 0.15) is 12.2 Å². The van der Waals surface area contributed by atoms with Crippen LogP contribution in [0.25, 0.3) is 0 Å². The van der Waals surface area contributed by atoms with E-state index in [1.807, 2.05) is 6.92 Å². The van der Waals surface area contributed by atoms with Crippen LogP contribution in [0.1, 0.15) is 39.0 Å². The van der Waals surface area contributed by atoms with Gasteiger partial charge in [0.25, 0.3) is 0 Å². The Morgan fingerprint density at radius 3 is 2.63 bits per heavy atom. The molecule has 0 aromatic rings. The van der Waals surface area contributed by atoms with Gasteiger partial charge in [-0.05, 0) is 25.2 Å². The van der Waals surface area contributed by atoms with Gasteiger partial charge in [0.05, 0.1) is 0 Å². The maximum Gasteiger partial charge on any atom is 0.239 e. The summed E-state index contributed by atoms with van der Waals surface area (Å²) in [5, 5.41) is 10.9. The van der Waals surface area contributed by atoms with Crippen LogP contribution in [0.4, 0.5) is 0 Å². The number of fused-ring (bicyclic) bond motifs is 3. The van der Waals surface area contributed by atoms with E-state index in [1.54, 1.807) is 0 Å². The lowest BCUT2D eigenvalue weighted by Crippen LogP contribution is -2.57. The minimum absolute atomic E-state index is 0.137. The molecule has 0 spiro atoms. The van der Waals surface area contributed by atoms with Crippen molar-refractivity contribution in [3.8, 4) is 0 Å².